The Hall–Kier alpha value is -0.380. The molecule has 1 aromatic heterocycles. The highest BCUT2D eigenvalue weighted by Crippen LogP contribution is 2.27. The Kier molecular flexibility index (Phi) is 2.41. The molecule has 0 radical (unpaired) electrons. The third-order valence-corrected chi connectivity index (χ3v) is 2.76. The zero-order valence-electron chi connectivity index (χ0n) is 6.77. The van der Waals surface area contributed by atoms with Gasteiger partial charge in [-0.25, -0.2) is 4.98 Å². The van der Waals surface area contributed by atoms with Crippen LogP contribution in [0.3, 0.4) is 0 Å². The summed E-state index contributed by atoms with van der Waals surface area (Å²) in [6, 6.07) is 3.51. The van der Waals surface area contributed by atoms with E-state index in [0.717, 1.165) is 16.2 Å². The average Bonchev–Trinajstić information content (AvgIpc) is 2.47. The predicted octanol–water partition coefficient (Wildman–Crippen LogP) is 3.59. The minimum absolute atomic E-state index is 0.582. The van der Waals surface area contributed by atoms with E-state index >= 15 is 0 Å². The van der Waals surface area contributed by atoms with Crippen molar-refractivity contribution in [1.82, 2.24) is 9.97 Å². The van der Waals surface area contributed by atoms with Crippen LogP contribution in [0, 0.1) is 0 Å². The molecule has 0 saturated carbocycles. The standard InChI is InChI=1S/C8H6Cl2N2S/c1-13-8-11-6-3-4(9)2-5(10)7(6)12-8/h2-3H,1H3,(H,11,12). The monoisotopic (exact) mass is 232 g/mol. The molecule has 0 fully saturated rings. The van der Waals surface area contributed by atoms with Crippen molar-refractivity contribution in [3.05, 3.63) is 22.2 Å². The molecule has 0 atom stereocenters. The maximum absolute atomic E-state index is 5.96. The smallest absolute Gasteiger partial charge is 0.166 e. The van der Waals surface area contributed by atoms with Gasteiger partial charge in [0.1, 0.15) is 5.52 Å². The number of halogens is 2. The summed E-state index contributed by atoms with van der Waals surface area (Å²) in [6.45, 7) is 0. The molecule has 0 bridgehead atoms. The minimum atomic E-state index is 0.582. The molecule has 13 heavy (non-hydrogen) atoms. The lowest BCUT2D eigenvalue weighted by molar-refractivity contribution is 1.09. The highest BCUT2D eigenvalue weighted by atomic mass is 35.5. The number of aromatic amines is 1. The molecule has 0 aliphatic carbocycles. The Bertz CT molecular complexity index is 453. The quantitative estimate of drug-likeness (QED) is 0.762. The molecular formula is C8H6Cl2N2S. The van der Waals surface area contributed by atoms with Crippen LogP contribution in [0.25, 0.3) is 11.0 Å². The number of thioether (sulfide) groups is 1. The minimum Gasteiger partial charge on any atom is -0.333 e. The number of H-pyrrole nitrogens is 1. The van der Waals surface area contributed by atoms with Crippen molar-refractivity contribution in [1.29, 1.82) is 0 Å². The van der Waals surface area contributed by atoms with Crippen molar-refractivity contribution in [2.45, 2.75) is 5.16 Å². The molecule has 0 saturated heterocycles. The van der Waals surface area contributed by atoms with E-state index < -0.39 is 0 Å². The molecule has 1 heterocycles. The topological polar surface area (TPSA) is 28.7 Å². The van der Waals surface area contributed by atoms with Crippen LogP contribution in [0.15, 0.2) is 17.3 Å². The molecule has 2 rings (SSSR count). The molecule has 0 unspecified atom stereocenters. The number of aromatic nitrogens is 2. The summed E-state index contributed by atoms with van der Waals surface area (Å²) >= 11 is 13.3. The SMILES string of the molecule is CSc1nc2c(Cl)cc(Cl)cc2[nH]1. The first-order valence-electron chi connectivity index (χ1n) is 3.59. The van der Waals surface area contributed by atoms with Gasteiger partial charge in [-0.3, -0.25) is 0 Å². The molecule has 0 aliphatic heterocycles. The third-order valence-electron chi connectivity index (χ3n) is 1.68. The van der Waals surface area contributed by atoms with Crippen LogP contribution in [0.1, 0.15) is 0 Å². The largest absolute Gasteiger partial charge is 0.333 e. The maximum Gasteiger partial charge on any atom is 0.166 e. The van der Waals surface area contributed by atoms with Crippen LogP contribution in [-0.4, -0.2) is 16.2 Å². The lowest BCUT2D eigenvalue weighted by Crippen LogP contribution is -1.71. The molecule has 1 aromatic carbocycles. The van der Waals surface area contributed by atoms with Crippen LogP contribution < -0.4 is 0 Å². The van der Waals surface area contributed by atoms with Gasteiger partial charge in [0.05, 0.1) is 10.5 Å². The molecule has 1 N–H and O–H groups in total. The van der Waals surface area contributed by atoms with Gasteiger partial charge in [-0.2, -0.15) is 0 Å². The van der Waals surface area contributed by atoms with Gasteiger partial charge >= 0.3 is 0 Å². The van der Waals surface area contributed by atoms with Gasteiger partial charge in [0.15, 0.2) is 5.16 Å². The van der Waals surface area contributed by atoms with Crippen molar-refractivity contribution in [3.8, 4) is 0 Å². The van der Waals surface area contributed by atoms with Gasteiger partial charge in [-0.15, -0.1) is 0 Å². The van der Waals surface area contributed by atoms with Gasteiger partial charge in [0.25, 0.3) is 0 Å². The number of benzene rings is 1. The van der Waals surface area contributed by atoms with E-state index in [9.17, 15) is 0 Å². The molecule has 2 aromatic rings. The first-order valence-corrected chi connectivity index (χ1v) is 5.57. The number of nitrogens with one attached hydrogen (secondary N) is 1. The summed E-state index contributed by atoms with van der Waals surface area (Å²) in [5.41, 5.74) is 1.65. The highest BCUT2D eigenvalue weighted by Gasteiger charge is 2.06. The van der Waals surface area contributed by atoms with Crippen molar-refractivity contribution in [2.75, 3.05) is 6.26 Å². The lowest BCUT2D eigenvalue weighted by atomic mass is 10.3. The Morgan fingerprint density at radius 1 is 1.38 bits per heavy atom. The summed E-state index contributed by atoms with van der Waals surface area (Å²) in [5, 5.41) is 2.05. The fourth-order valence-electron chi connectivity index (χ4n) is 1.12. The molecule has 0 aliphatic rings. The number of rotatable bonds is 1. The number of imidazole rings is 1. The van der Waals surface area contributed by atoms with E-state index in [-0.39, 0.29) is 0 Å². The molecule has 5 heteroatoms. The van der Waals surface area contributed by atoms with Crippen LogP contribution in [0.5, 0.6) is 0 Å². The molecule has 0 spiro atoms. The molecule has 68 valence electrons. The number of hydrogen-bond donors (Lipinski definition) is 1. The van der Waals surface area contributed by atoms with E-state index in [1.807, 2.05) is 12.3 Å². The summed E-state index contributed by atoms with van der Waals surface area (Å²) < 4.78 is 0. The number of fused-ring (bicyclic) bond motifs is 1. The van der Waals surface area contributed by atoms with Gasteiger partial charge < -0.3 is 4.98 Å². The summed E-state index contributed by atoms with van der Waals surface area (Å²) in [7, 11) is 0. The summed E-state index contributed by atoms with van der Waals surface area (Å²) in [6.07, 6.45) is 1.95. The molecule has 0 amide bonds. The van der Waals surface area contributed by atoms with Crippen molar-refractivity contribution in [3.63, 3.8) is 0 Å². The number of nitrogens with zero attached hydrogens (tertiary/aromatic N) is 1. The summed E-state index contributed by atoms with van der Waals surface area (Å²) in [5.74, 6) is 0. The zero-order chi connectivity index (χ0) is 9.42. The molecular weight excluding hydrogens is 227 g/mol. The Morgan fingerprint density at radius 3 is 2.85 bits per heavy atom. The van der Waals surface area contributed by atoms with Gasteiger partial charge in [-0.05, 0) is 18.4 Å². The Labute approximate surface area is 89.6 Å². The summed E-state index contributed by atoms with van der Waals surface area (Å²) in [4.78, 5) is 7.40. The third kappa shape index (κ3) is 1.64. The molecule has 2 nitrogen and oxygen atoms in total. The Balaban J connectivity index is 2.75. The first-order chi connectivity index (χ1) is 6.20. The van der Waals surface area contributed by atoms with Crippen molar-refractivity contribution < 1.29 is 0 Å². The second-order valence-electron chi connectivity index (χ2n) is 2.53. The van der Waals surface area contributed by atoms with E-state index in [1.54, 1.807) is 17.8 Å². The highest BCUT2D eigenvalue weighted by molar-refractivity contribution is 7.98. The van der Waals surface area contributed by atoms with E-state index in [4.69, 9.17) is 23.2 Å². The zero-order valence-corrected chi connectivity index (χ0v) is 9.09. The normalized spacial score (nSPS) is 11.0. The van der Waals surface area contributed by atoms with Crippen LogP contribution in [0.2, 0.25) is 10.0 Å². The van der Waals surface area contributed by atoms with Crippen LogP contribution in [0.4, 0.5) is 0 Å². The van der Waals surface area contributed by atoms with Crippen molar-refractivity contribution in [2.24, 2.45) is 0 Å². The van der Waals surface area contributed by atoms with Gasteiger partial charge in [0.2, 0.25) is 0 Å². The predicted molar refractivity (Wildman–Crippen MR) is 57.9 cm³/mol. The first kappa shape index (κ1) is 9.19. The fraction of sp³-hybridized carbons (Fsp3) is 0.125. The van der Waals surface area contributed by atoms with Gasteiger partial charge in [-0.1, -0.05) is 35.0 Å². The fourth-order valence-corrected chi connectivity index (χ4v) is 2.05. The van der Waals surface area contributed by atoms with Gasteiger partial charge in [0, 0.05) is 5.02 Å². The maximum atomic E-state index is 5.96. The van der Waals surface area contributed by atoms with Crippen LogP contribution >= 0.6 is 35.0 Å². The Morgan fingerprint density at radius 2 is 2.15 bits per heavy atom. The number of hydrogen-bond acceptors (Lipinski definition) is 2. The van der Waals surface area contributed by atoms with E-state index in [2.05, 4.69) is 9.97 Å². The second kappa shape index (κ2) is 3.40. The lowest BCUT2D eigenvalue weighted by Gasteiger charge is -1.92. The van der Waals surface area contributed by atoms with E-state index in [0.29, 0.717) is 10.0 Å². The van der Waals surface area contributed by atoms with Crippen LogP contribution in [-0.2, 0) is 0 Å². The average molecular weight is 233 g/mol. The second-order valence-corrected chi connectivity index (χ2v) is 4.17. The van der Waals surface area contributed by atoms with E-state index in [1.165, 1.54) is 0 Å². The van der Waals surface area contributed by atoms with Crippen molar-refractivity contribution >= 4 is 46.0 Å².